The van der Waals surface area contributed by atoms with Crippen molar-refractivity contribution in [1.29, 1.82) is 0 Å². The molecular weight excluding hydrogens is 272 g/mol. The third kappa shape index (κ3) is 2.81. The Hall–Kier alpha value is -2.96. The molecular formula is C14H12N4O3. The predicted octanol–water partition coefficient (Wildman–Crippen LogP) is 1.56. The number of nitrogens with one attached hydrogen (secondary N) is 1. The molecule has 3 rings (SSSR count). The maximum Gasteiger partial charge on any atom is 0.291 e. The summed E-state index contributed by atoms with van der Waals surface area (Å²) >= 11 is 0. The van der Waals surface area contributed by atoms with Gasteiger partial charge in [0.05, 0.1) is 25.4 Å². The van der Waals surface area contributed by atoms with Crippen LogP contribution in [0.4, 0.5) is 0 Å². The molecule has 2 aromatic heterocycles. The first-order valence-corrected chi connectivity index (χ1v) is 6.25. The monoisotopic (exact) mass is 284 g/mol. The lowest BCUT2D eigenvalue weighted by Gasteiger charge is -2.04. The number of carbonyl (C=O) groups is 1. The summed E-state index contributed by atoms with van der Waals surface area (Å²) in [5, 5.41) is 10.5. The van der Waals surface area contributed by atoms with Gasteiger partial charge in [0.15, 0.2) is 0 Å². The van der Waals surface area contributed by atoms with Crippen LogP contribution in [0.5, 0.6) is 5.75 Å². The Morgan fingerprint density at radius 3 is 2.95 bits per heavy atom. The molecule has 2 heterocycles. The van der Waals surface area contributed by atoms with Crippen LogP contribution < -0.4 is 10.1 Å². The van der Waals surface area contributed by atoms with Gasteiger partial charge in [-0.25, -0.2) is 4.98 Å². The SMILES string of the molecule is COc1ccc2nnc(C(=O)NCc3ccco3)nc2c1. The number of hydrogen-bond acceptors (Lipinski definition) is 6. The lowest BCUT2D eigenvalue weighted by atomic mass is 10.3. The quantitative estimate of drug-likeness (QED) is 0.781. The second-order valence-electron chi connectivity index (χ2n) is 4.25. The molecule has 106 valence electrons. The normalized spacial score (nSPS) is 10.5. The second kappa shape index (κ2) is 5.58. The average Bonchev–Trinajstić information content (AvgIpc) is 3.04. The van der Waals surface area contributed by atoms with Crippen LogP contribution in [0.3, 0.4) is 0 Å². The van der Waals surface area contributed by atoms with Crippen molar-refractivity contribution in [3.63, 3.8) is 0 Å². The van der Waals surface area contributed by atoms with E-state index in [1.54, 1.807) is 43.7 Å². The van der Waals surface area contributed by atoms with Crippen molar-refractivity contribution in [2.75, 3.05) is 7.11 Å². The fourth-order valence-electron chi connectivity index (χ4n) is 1.80. The second-order valence-corrected chi connectivity index (χ2v) is 4.25. The first kappa shape index (κ1) is 13.0. The fraction of sp³-hybridized carbons (Fsp3) is 0.143. The van der Waals surface area contributed by atoms with Crippen LogP contribution in [0.15, 0.2) is 41.0 Å². The van der Waals surface area contributed by atoms with Crippen LogP contribution in [0, 0.1) is 0 Å². The van der Waals surface area contributed by atoms with Gasteiger partial charge in [0, 0.05) is 6.07 Å². The number of benzene rings is 1. The summed E-state index contributed by atoms with van der Waals surface area (Å²) in [6.45, 7) is 0.269. The number of furan rings is 1. The highest BCUT2D eigenvalue weighted by Gasteiger charge is 2.12. The van der Waals surface area contributed by atoms with Crippen LogP contribution in [-0.2, 0) is 6.54 Å². The number of nitrogens with zero attached hydrogens (tertiary/aromatic N) is 3. The number of carbonyl (C=O) groups excluding carboxylic acids is 1. The number of rotatable bonds is 4. The van der Waals surface area contributed by atoms with Crippen molar-refractivity contribution in [3.8, 4) is 5.75 Å². The number of methoxy groups -OCH3 is 1. The fourth-order valence-corrected chi connectivity index (χ4v) is 1.80. The number of aromatic nitrogens is 3. The lowest BCUT2D eigenvalue weighted by Crippen LogP contribution is -2.25. The zero-order valence-corrected chi connectivity index (χ0v) is 11.2. The molecule has 3 aromatic rings. The minimum absolute atomic E-state index is 0.00214. The summed E-state index contributed by atoms with van der Waals surface area (Å²) in [5.74, 6) is 0.884. The van der Waals surface area contributed by atoms with Crippen LogP contribution in [0.1, 0.15) is 16.4 Å². The third-order valence-electron chi connectivity index (χ3n) is 2.87. The Bertz CT molecular complexity index is 771. The summed E-state index contributed by atoms with van der Waals surface area (Å²) in [6, 6.07) is 8.72. The van der Waals surface area contributed by atoms with E-state index in [9.17, 15) is 4.79 Å². The molecule has 1 aromatic carbocycles. The molecule has 7 heteroatoms. The van der Waals surface area contributed by atoms with Crippen LogP contribution in [-0.4, -0.2) is 28.2 Å². The van der Waals surface area contributed by atoms with Gasteiger partial charge in [0.25, 0.3) is 5.91 Å². The van der Waals surface area contributed by atoms with Crippen LogP contribution in [0.25, 0.3) is 11.0 Å². The van der Waals surface area contributed by atoms with Gasteiger partial charge in [0.2, 0.25) is 5.82 Å². The molecule has 0 saturated carbocycles. The molecule has 0 radical (unpaired) electrons. The van der Waals surface area contributed by atoms with E-state index >= 15 is 0 Å². The van der Waals surface area contributed by atoms with Gasteiger partial charge in [-0.15, -0.1) is 10.2 Å². The number of hydrogen-bond donors (Lipinski definition) is 1. The summed E-state index contributed by atoms with van der Waals surface area (Å²) in [5.41, 5.74) is 1.14. The van der Waals surface area contributed by atoms with Crippen molar-refractivity contribution in [3.05, 3.63) is 48.2 Å². The topological polar surface area (TPSA) is 90.1 Å². The number of fused-ring (bicyclic) bond motifs is 1. The maximum absolute atomic E-state index is 12.0. The van der Waals surface area contributed by atoms with E-state index in [1.165, 1.54) is 0 Å². The zero-order chi connectivity index (χ0) is 14.7. The van der Waals surface area contributed by atoms with E-state index in [1.807, 2.05) is 0 Å². The zero-order valence-electron chi connectivity index (χ0n) is 11.2. The van der Waals surface area contributed by atoms with Gasteiger partial charge < -0.3 is 14.5 Å². The number of ether oxygens (including phenoxy) is 1. The molecule has 1 N–H and O–H groups in total. The predicted molar refractivity (Wildman–Crippen MR) is 73.8 cm³/mol. The molecule has 0 aliphatic heterocycles. The Labute approximate surface area is 120 Å². The largest absolute Gasteiger partial charge is 0.497 e. The van der Waals surface area contributed by atoms with Crippen molar-refractivity contribution in [2.45, 2.75) is 6.54 Å². The Morgan fingerprint density at radius 1 is 1.29 bits per heavy atom. The Kier molecular flexibility index (Phi) is 3.46. The summed E-state index contributed by atoms with van der Waals surface area (Å²) in [4.78, 5) is 16.2. The van der Waals surface area contributed by atoms with Crippen molar-refractivity contribution in [2.24, 2.45) is 0 Å². The van der Waals surface area contributed by atoms with Crippen molar-refractivity contribution in [1.82, 2.24) is 20.5 Å². The van der Waals surface area contributed by atoms with Crippen LogP contribution in [0.2, 0.25) is 0 Å². The highest BCUT2D eigenvalue weighted by molar-refractivity contribution is 5.91. The van der Waals surface area contributed by atoms with Gasteiger partial charge in [-0.2, -0.15) is 0 Å². The smallest absolute Gasteiger partial charge is 0.291 e. The molecule has 7 nitrogen and oxygen atoms in total. The van der Waals surface area contributed by atoms with Gasteiger partial charge in [0.1, 0.15) is 17.0 Å². The maximum atomic E-state index is 12.0. The Balaban J connectivity index is 1.80. The van der Waals surface area contributed by atoms with E-state index in [-0.39, 0.29) is 12.4 Å². The average molecular weight is 284 g/mol. The molecule has 0 atom stereocenters. The summed E-state index contributed by atoms with van der Waals surface area (Å²) in [7, 11) is 1.56. The van der Waals surface area contributed by atoms with Gasteiger partial charge in [-0.05, 0) is 24.3 Å². The minimum atomic E-state index is -0.413. The summed E-state index contributed by atoms with van der Waals surface area (Å²) < 4.78 is 10.3. The van der Waals surface area contributed by atoms with Crippen molar-refractivity contribution >= 4 is 16.9 Å². The highest BCUT2D eigenvalue weighted by Crippen LogP contribution is 2.16. The molecule has 0 aliphatic carbocycles. The lowest BCUT2D eigenvalue weighted by molar-refractivity contribution is 0.0937. The van der Waals surface area contributed by atoms with E-state index in [0.29, 0.717) is 22.5 Å². The standard InChI is InChI=1S/C14H12N4O3/c1-20-9-4-5-11-12(7-9)16-13(18-17-11)14(19)15-8-10-3-2-6-21-10/h2-7H,8H2,1H3,(H,15,19). The van der Waals surface area contributed by atoms with E-state index in [4.69, 9.17) is 9.15 Å². The molecule has 0 fully saturated rings. The van der Waals surface area contributed by atoms with Gasteiger partial charge >= 0.3 is 0 Å². The Morgan fingerprint density at radius 2 is 2.19 bits per heavy atom. The molecule has 0 aliphatic rings. The van der Waals surface area contributed by atoms with Gasteiger partial charge in [-0.3, -0.25) is 4.79 Å². The van der Waals surface area contributed by atoms with Crippen LogP contribution >= 0.6 is 0 Å². The molecule has 0 unspecified atom stereocenters. The van der Waals surface area contributed by atoms with Gasteiger partial charge in [-0.1, -0.05) is 0 Å². The molecule has 21 heavy (non-hydrogen) atoms. The highest BCUT2D eigenvalue weighted by atomic mass is 16.5. The first-order valence-electron chi connectivity index (χ1n) is 6.25. The molecule has 0 saturated heterocycles. The first-order chi connectivity index (χ1) is 10.3. The van der Waals surface area contributed by atoms with Crippen molar-refractivity contribution < 1.29 is 13.9 Å². The van der Waals surface area contributed by atoms with E-state index < -0.39 is 5.91 Å². The summed E-state index contributed by atoms with van der Waals surface area (Å²) in [6.07, 6.45) is 1.54. The molecule has 1 amide bonds. The van der Waals surface area contributed by atoms with E-state index in [0.717, 1.165) is 0 Å². The minimum Gasteiger partial charge on any atom is -0.497 e. The molecule has 0 bridgehead atoms. The molecule has 0 spiro atoms. The number of amides is 1. The third-order valence-corrected chi connectivity index (χ3v) is 2.87. The van der Waals surface area contributed by atoms with E-state index in [2.05, 4.69) is 20.5 Å².